The first kappa shape index (κ1) is 6.29. The first-order chi connectivity index (χ1) is 4.33. The minimum Gasteiger partial charge on any atom is -0.312 e. The van der Waals surface area contributed by atoms with Gasteiger partial charge in [0.1, 0.15) is 5.84 Å². The zero-order chi connectivity index (χ0) is 6.69. The van der Waals surface area contributed by atoms with E-state index in [1.54, 1.807) is 0 Å². The summed E-state index contributed by atoms with van der Waals surface area (Å²) in [7, 11) is 0. The normalized spacial score (nSPS) is 18.4. The van der Waals surface area contributed by atoms with Crippen molar-refractivity contribution in [3.05, 3.63) is 11.6 Å². The minimum absolute atomic E-state index is 0.791. The standard InChI is InChI=1S/C6H11N3/c1-5-2-3-6(9-7)8-4-5/h2H,3-4,7H2,1H3,(H,8,9). The van der Waals surface area contributed by atoms with Gasteiger partial charge in [-0.15, -0.1) is 0 Å². The van der Waals surface area contributed by atoms with E-state index in [0.29, 0.717) is 0 Å². The molecule has 0 fully saturated rings. The lowest BCUT2D eigenvalue weighted by Crippen LogP contribution is -2.31. The van der Waals surface area contributed by atoms with Crippen LogP contribution in [0.3, 0.4) is 0 Å². The second kappa shape index (κ2) is 2.64. The van der Waals surface area contributed by atoms with Crippen LogP contribution < -0.4 is 11.3 Å². The Kier molecular flexibility index (Phi) is 1.85. The molecule has 0 aromatic rings. The van der Waals surface area contributed by atoms with Gasteiger partial charge in [0.25, 0.3) is 0 Å². The molecule has 0 aromatic heterocycles. The van der Waals surface area contributed by atoms with E-state index < -0.39 is 0 Å². The average Bonchev–Trinajstić information content (AvgIpc) is 1.90. The van der Waals surface area contributed by atoms with E-state index in [4.69, 9.17) is 5.84 Å². The number of dihydropyridines is 1. The summed E-state index contributed by atoms with van der Waals surface area (Å²) in [5.74, 6) is 6.01. The highest BCUT2D eigenvalue weighted by atomic mass is 15.2. The van der Waals surface area contributed by atoms with Crippen molar-refractivity contribution in [1.29, 1.82) is 0 Å². The summed E-state index contributed by atoms with van der Waals surface area (Å²) >= 11 is 0. The molecular formula is C6H11N3. The third-order valence-corrected chi connectivity index (χ3v) is 1.33. The number of rotatable bonds is 0. The molecule has 0 atom stereocenters. The Hall–Kier alpha value is -0.830. The second-order valence-corrected chi connectivity index (χ2v) is 2.16. The topological polar surface area (TPSA) is 50.4 Å². The molecule has 0 saturated carbocycles. The largest absolute Gasteiger partial charge is 0.312 e. The summed E-state index contributed by atoms with van der Waals surface area (Å²) < 4.78 is 0. The van der Waals surface area contributed by atoms with Crippen molar-refractivity contribution in [3.63, 3.8) is 0 Å². The second-order valence-electron chi connectivity index (χ2n) is 2.16. The van der Waals surface area contributed by atoms with Crippen LogP contribution in [-0.4, -0.2) is 12.4 Å². The van der Waals surface area contributed by atoms with Crippen molar-refractivity contribution in [2.24, 2.45) is 10.8 Å². The summed E-state index contributed by atoms with van der Waals surface area (Å²) in [4.78, 5) is 4.14. The lowest BCUT2D eigenvalue weighted by Gasteiger charge is -2.08. The van der Waals surface area contributed by atoms with Crippen molar-refractivity contribution in [1.82, 2.24) is 5.43 Å². The lowest BCUT2D eigenvalue weighted by atomic mass is 10.2. The number of hydrogen-bond acceptors (Lipinski definition) is 3. The minimum atomic E-state index is 0.791. The highest BCUT2D eigenvalue weighted by Gasteiger charge is 1.99. The predicted octanol–water partition coefficient (Wildman–Crippen LogP) is 0.198. The molecule has 0 aliphatic carbocycles. The summed E-state index contributed by atoms with van der Waals surface area (Å²) in [6, 6.07) is 0. The van der Waals surface area contributed by atoms with Crippen LogP contribution >= 0.6 is 0 Å². The van der Waals surface area contributed by atoms with E-state index in [1.165, 1.54) is 5.57 Å². The van der Waals surface area contributed by atoms with Crippen molar-refractivity contribution < 1.29 is 0 Å². The fraction of sp³-hybridized carbons (Fsp3) is 0.500. The maximum Gasteiger partial charge on any atom is 0.114 e. The number of amidine groups is 1. The number of nitrogens with zero attached hydrogens (tertiary/aromatic N) is 1. The van der Waals surface area contributed by atoms with E-state index in [-0.39, 0.29) is 0 Å². The van der Waals surface area contributed by atoms with Crippen LogP contribution in [0.15, 0.2) is 16.6 Å². The van der Waals surface area contributed by atoms with Gasteiger partial charge < -0.3 is 5.43 Å². The van der Waals surface area contributed by atoms with Gasteiger partial charge in [0.2, 0.25) is 0 Å². The van der Waals surface area contributed by atoms with Gasteiger partial charge in [0.05, 0.1) is 6.54 Å². The molecule has 1 aliphatic heterocycles. The van der Waals surface area contributed by atoms with Crippen LogP contribution in [0.5, 0.6) is 0 Å². The van der Waals surface area contributed by atoms with Crippen LogP contribution in [0.4, 0.5) is 0 Å². The first-order valence-electron chi connectivity index (χ1n) is 2.98. The van der Waals surface area contributed by atoms with Gasteiger partial charge in [-0.1, -0.05) is 11.6 Å². The summed E-state index contributed by atoms with van der Waals surface area (Å²) in [6.07, 6.45) is 2.98. The summed E-state index contributed by atoms with van der Waals surface area (Å²) in [6.45, 7) is 2.86. The molecular weight excluding hydrogens is 114 g/mol. The number of nitrogens with one attached hydrogen (secondary N) is 1. The smallest absolute Gasteiger partial charge is 0.114 e. The highest BCUT2D eigenvalue weighted by Crippen LogP contribution is 2.02. The number of nitrogens with two attached hydrogens (primary N) is 1. The molecule has 3 nitrogen and oxygen atoms in total. The molecule has 0 aromatic carbocycles. The third-order valence-electron chi connectivity index (χ3n) is 1.33. The Morgan fingerprint density at radius 1 is 1.78 bits per heavy atom. The van der Waals surface area contributed by atoms with E-state index >= 15 is 0 Å². The lowest BCUT2D eigenvalue weighted by molar-refractivity contribution is 0.945. The Balaban J connectivity index is 2.48. The molecule has 1 heterocycles. The van der Waals surface area contributed by atoms with Crippen LogP contribution in [0.1, 0.15) is 13.3 Å². The van der Waals surface area contributed by atoms with Gasteiger partial charge >= 0.3 is 0 Å². The van der Waals surface area contributed by atoms with Crippen LogP contribution in [0.2, 0.25) is 0 Å². The van der Waals surface area contributed by atoms with Gasteiger partial charge in [-0.05, 0) is 6.92 Å². The van der Waals surface area contributed by atoms with E-state index in [0.717, 1.165) is 18.8 Å². The van der Waals surface area contributed by atoms with Crippen molar-refractivity contribution in [2.75, 3.05) is 6.54 Å². The zero-order valence-corrected chi connectivity index (χ0v) is 5.52. The molecule has 3 N–H and O–H groups in total. The molecule has 1 aliphatic rings. The highest BCUT2D eigenvalue weighted by molar-refractivity contribution is 5.83. The molecule has 9 heavy (non-hydrogen) atoms. The van der Waals surface area contributed by atoms with Gasteiger partial charge in [-0.3, -0.25) is 4.99 Å². The average molecular weight is 125 g/mol. The fourth-order valence-corrected chi connectivity index (χ4v) is 0.725. The number of aliphatic imine (C=N–C) groups is 1. The molecule has 0 bridgehead atoms. The number of hydrogen-bond donors (Lipinski definition) is 2. The van der Waals surface area contributed by atoms with Crippen molar-refractivity contribution >= 4 is 5.84 Å². The number of hydrazine groups is 1. The van der Waals surface area contributed by atoms with Crippen LogP contribution in [0.25, 0.3) is 0 Å². The Morgan fingerprint density at radius 3 is 3.00 bits per heavy atom. The van der Waals surface area contributed by atoms with Gasteiger partial charge in [-0.25, -0.2) is 5.84 Å². The third kappa shape index (κ3) is 1.54. The first-order valence-corrected chi connectivity index (χ1v) is 2.98. The zero-order valence-electron chi connectivity index (χ0n) is 5.52. The Morgan fingerprint density at radius 2 is 2.56 bits per heavy atom. The Labute approximate surface area is 54.6 Å². The molecule has 0 amide bonds. The molecule has 0 saturated heterocycles. The Bertz CT molecular complexity index is 158. The van der Waals surface area contributed by atoms with Crippen LogP contribution in [-0.2, 0) is 0 Å². The molecule has 0 spiro atoms. The molecule has 0 unspecified atom stereocenters. The molecule has 1 rings (SSSR count). The van der Waals surface area contributed by atoms with Gasteiger partial charge in [-0.2, -0.15) is 0 Å². The maximum atomic E-state index is 5.14. The summed E-state index contributed by atoms with van der Waals surface area (Å²) in [5.41, 5.74) is 3.84. The van der Waals surface area contributed by atoms with E-state index in [1.807, 2.05) is 0 Å². The van der Waals surface area contributed by atoms with E-state index in [2.05, 4.69) is 23.4 Å². The monoisotopic (exact) mass is 125 g/mol. The van der Waals surface area contributed by atoms with Gasteiger partial charge in [0.15, 0.2) is 0 Å². The van der Waals surface area contributed by atoms with Crippen LogP contribution in [0, 0.1) is 0 Å². The molecule has 3 heteroatoms. The molecule has 50 valence electrons. The SMILES string of the molecule is CC1=CCC(NN)=NC1. The quantitative estimate of drug-likeness (QED) is 0.276. The van der Waals surface area contributed by atoms with E-state index in [9.17, 15) is 0 Å². The summed E-state index contributed by atoms with van der Waals surface area (Å²) in [5, 5.41) is 0. The fourth-order valence-electron chi connectivity index (χ4n) is 0.725. The van der Waals surface area contributed by atoms with Crippen molar-refractivity contribution in [3.8, 4) is 0 Å². The maximum absolute atomic E-state index is 5.14. The van der Waals surface area contributed by atoms with Gasteiger partial charge in [0, 0.05) is 6.42 Å². The predicted molar refractivity (Wildman–Crippen MR) is 38.0 cm³/mol. The molecule has 0 radical (unpaired) electrons. The van der Waals surface area contributed by atoms with Crippen molar-refractivity contribution in [2.45, 2.75) is 13.3 Å².